The summed E-state index contributed by atoms with van der Waals surface area (Å²) in [6.45, 7) is 7.70. The van der Waals surface area contributed by atoms with Gasteiger partial charge in [-0.3, -0.25) is 4.90 Å². The summed E-state index contributed by atoms with van der Waals surface area (Å²) >= 11 is 0. The molecule has 2 N–H and O–H groups in total. The molecule has 0 saturated carbocycles. The van der Waals surface area contributed by atoms with E-state index in [9.17, 15) is 0 Å². The summed E-state index contributed by atoms with van der Waals surface area (Å²) in [4.78, 5) is 2.54. The van der Waals surface area contributed by atoms with Crippen LogP contribution in [0.25, 0.3) is 0 Å². The molecular formula is C17H28N2O. The van der Waals surface area contributed by atoms with Gasteiger partial charge in [0, 0.05) is 18.2 Å². The number of ether oxygens (including phenoxy) is 1. The molecule has 1 saturated heterocycles. The Labute approximate surface area is 123 Å². The van der Waals surface area contributed by atoms with E-state index < -0.39 is 0 Å². The van der Waals surface area contributed by atoms with E-state index in [1.165, 1.54) is 43.5 Å². The van der Waals surface area contributed by atoms with Crippen LogP contribution >= 0.6 is 0 Å². The van der Waals surface area contributed by atoms with Crippen molar-refractivity contribution < 1.29 is 4.74 Å². The Morgan fingerprint density at radius 1 is 1.35 bits per heavy atom. The zero-order valence-electron chi connectivity index (χ0n) is 13.1. The minimum absolute atomic E-state index is 0.0745. The average molecular weight is 276 g/mol. The third-order valence-corrected chi connectivity index (χ3v) is 4.51. The normalized spacial score (nSPS) is 19.0. The van der Waals surface area contributed by atoms with E-state index in [2.05, 4.69) is 24.0 Å². The summed E-state index contributed by atoms with van der Waals surface area (Å²) in [6, 6.07) is 6.39. The van der Waals surface area contributed by atoms with Crippen molar-refractivity contribution in [3.05, 3.63) is 29.3 Å². The molecule has 1 unspecified atom stereocenters. The minimum atomic E-state index is 0.0745. The van der Waals surface area contributed by atoms with Crippen molar-refractivity contribution in [2.24, 2.45) is 11.7 Å². The Bertz CT molecular complexity index is 423. The lowest BCUT2D eigenvalue weighted by atomic mass is 9.94. The average Bonchev–Trinajstić information content (AvgIpc) is 2.48. The maximum Gasteiger partial charge on any atom is 0.123 e. The number of nitrogens with zero attached hydrogens (tertiary/aromatic N) is 1. The molecule has 0 aromatic heterocycles. The van der Waals surface area contributed by atoms with E-state index in [-0.39, 0.29) is 6.04 Å². The van der Waals surface area contributed by atoms with Gasteiger partial charge in [0.1, 0.15) is 5.75 Å². The van der Waals surface area contributed by atoms with Crippen molar-refractivity contribution in [2.75, 3.05) is 20.2 Å². The molecule has 2 rings (SSSR count). The number of likely N-dealkylation sites (tertiary alicyclic amines) is 1. The standard InChI is InChI=1S/C17H28N2O/c1-4-14-7-9-19(10-8-14)12-16-11-15(13(2)18)5-6-17(16)20-3/h5-6,11,13-14H,4,7-10,12,18H2,1-3H3. The fourth-order valence-corrected chi connectivity index (χ4v) is 3.00. The fourth-order valence-electron chi connectivity index (χ4n) is 3.00. The first-order valence-electron chi connectivity index (χ1n) is 7.78. The number of hydrogen-bond donors (Lipinski definition) is 1. The second-order valence-electron chi connectivity index (χ2n) is 5.99. The summed E-state index contributed by atoms with van der Waals surface area (Å²) in [5, 5.41) is 0. The number of rotatable bonds is 5. The van der Waals surface area contributed by atoms with Crippen LogP contribution in [0.4, 0.5) is 0 Å². The largest absolute Gasteiger partial charge is 0.496 e. The molecule has 1 aliphatic rings. The summed E-state index contributed by atoms with van der Waals surface area (Å²) in [5.41, 5.74) is 8.43. The highest BCUT2D eigenvalue weighted by molar-refractivity contribution is 5.38. The molecule has 3 nitrogen and oxygen atoms in total. The van der Waals surface area contributed by atoms with Crippen LogP contribution in [-0.2, 0) is 6.54 Å². The van der Waals surface area contributed by atoms with Crippen LogP contribution < -0.4 is 10.5 Å². The number of nitrogens with two attached hydrogens (primary N) is 1. The third kappa shape index (κ3) is 3.74. The van der Waals surface area contributed by atoms with Gasteiger partial charge in [-0.05, 0) is 56.5 Å². The second-order valence-corrected chi connectivity index (χ2v) is 5.99. The Morgan fingerprint density at radius 2 is 2.05 bits per heavy atom. The molecule has 0 aliphatic carbocycles. The van der Waals surface area contributed by atoms with Crippen LogP contribution in [0.1, 0.15) is 50.3 Å². The van der Waals surface area contributed by atoms with Crippen molar-refractivity contribution >= 4 is 0 Å². The van der Waals surface area contributed by atoms with E-state index >= 15 is 0 Å². The van der Waals surface area contributed by atoms with E-state index in [4.69, 9.17) is 10.5 Å². The number of benzene rings is 1. The molecule has 0 radical (unpaired) electrons. The summed E-state index contributed by atoms with van der Waals surface area (Å²) in [6.07, 6.45) is 3.97. The lowest BCUT2D eigenvalue weighted by Gasteiger charge is -2.32. The Hall–Kier alpha value is -1.06. The van der Waals surface area contributed by atoms with Crippen LogP contribution in [0.2, 0.25) is 0 Å². The first-order valence-corrected chi connectivity index (χ1v) is 7.78. The predicted molar refractivity (Wildman–Crippen MR) is 83.9 cm³/mol. The SMILES string of the molecule is CCC1CCN(Cc2cc(C(C)N)ccc2OC)CC1. The van der Waals surface area contributed by atoms with Crippen LogP contribution in [0.15, 0.2) is 18.2 Å². The molecule has 1 aromatic rings. The van der Waals surface area contributed by atoms with Crippen LogP contribution in [0.5, 0.6) is 5.75 Å². The van der Waals surface area contributed by atoms with Gasteiger partial charge in [0.25, 0.3) is 0 Å². The van der Waals surface area contributed by atoms with E-state index in [1.807, 2.05) is 13.0 Å². The molecule has 1 aromatic carbocycles. The molecule has 1 heterocycles. The van der Waals surface area contributed by atoms with Gasteiger partial charge in [0.15, 0.2) is 0 Å². The van der Waals surface area contributed by atoms with Gasteiger partial charge in [-0.25, -0.2) is 0 Å². The van der Waals surface area contributed by atoms with Gasteiger partial charge in [-0.2, -0.15) is 0 Å². The highest BCUT2D eigenvalue weighted by atomic mass is 16.5. The van der Waals surface area contributed by atoms with Crippen molar-refractivity contribution in [1.29, 1.82) is 0 Å². The van der Waals surface area contributed by atoms with Crippen molar-refractivity contribution in [1.82, 2.24) is 4.90 Å². The van der Waals surface area contributed by atoms with Crippen molar-refractivity contribution in [3.63, 3.8) is 0 Å². The monoisotopic (exact) mass is 276 g/mol. The lowest BCUT2D eigenvalue weighted by Crippen LogP contribution is -2.33. The van der Waals surface area contributed by atoms with Gasteiger partial charge in [-0.15, -0.1) is 0 Å². The molecule has 1 atom stereocenters. The van der Waals surface area contributed by atoms with Crippen LogP contribution in [0, 0.1) is 5.92 Å². The highest BCUT2D eigenvalue weighted by Gasteiger charge is 2.19. The molecule has 0 spiro atoms. The zero-order chi connectivity index (χ0) is 14.5. The number of hydrogen-bond acceptors (Lipinski definition) is 3. The first-order chi connectivity index (χ1) is 9.63. The van der Waals surface area contributed by atoms with Crippen LogP contribution in [-0.4, -0.2) is 25.1 Å². The van der Waals surface area contributed by atoms with E-state index in [0.717, 1.165) is 18.2 Å². The number of methoxy groups -OCH3 is 1. The Balaban J connectivity index is 2.06. The van der Waals surface area contributed by atoms with Crippen molar-refractivity contribution in [3.8, 4) is 5.75 Å². The smallest absolute Gasteiger partial charge is 0.123 e. The molecule has 20 heavy (non-hydrogen) atoms. The molecule has 0 amide bonds. The first kappa shape index (κ1) is 15.3. The summed E-state index contributed by atoms with van der Waals surface area (Å²) in [7, 11) is 1.74. The predicted octanol–water partition coefficient (Wildman–Crippen LogP) is 3.34. The topological polar surface area (TPSA) is 38.5 Å². The summed E-state index contributed by atoms with van der Waals surface area (Å²) < 4.78 is 5.50. The molecule has 3 heteroatoms. The van der Waals surface area contributed by atoms with Gasteiger partial charge in [-0.1, -0.05) is 19.4 Å². The molecule has 1 fully saturated rings. The lowest BCUT2D eigenvalue weighted by molar-refractivity contribution is 0.173. The highest BCUT2D eigenvalue weighted by Crippen LogP contribution is 2.26. The third-order valence-electron chi connectivity index (χ3n) is 4.51. The van der Waals surface area contributed by atoms with E-state index in [0.29, 0.717) is 0 Å². The zero-order valence-corrected chi connectivity index (χ0v) is 13.1. The van der Waals surface area contributed by atoms with Crippen LogP contribution in [0.3, 0.4) is 0 Å². The minimum Gasteiger partial charge on any atom is -0.496 e. The van der Waals surface area contributed by atoms with E-state index in [1.54, 1.807) is 7.11 Å². The van der Waals surface area contributed by atoms with Gasteiger partial charge < -0.3 is 10.5 Å². The second kappa shape index (κ2) is 7.09. The maximum atomic E-state index is 5.99. The molecule has 1 aliphatic heterocycles. The molecule has 0 bridgehead atoms. The molecule has 112 valence electrons. The fraction of sp³-hybridized carbons (Fsp3) is 0.647. The summed E-state index contributed by atoms with van der Waals surface area (Å²) in [5.74, 6) is 1.90. The number of piperidine rings is 1. The van der Waals surface area contributed by atoms with Gasteiger partial charge in [0.2, 0.25) is 0 Å². The Morgan fingerprint density at radius 3 is 2.60 bits per heavy atom. The van der Waals surface area contributed by atoms with Gasteiger partial charge in [0.05, 0.1) is 7.11 Å². The van der Waals surface area contributed by atoms with Gasteiger partial charge >= 0.3 is 0 Å². The quantitative estimate of drug-likeness (QED) is 0.896. The molecular weight excluding hydrogens is 248 g/mol. The maximum absolute atomic E-state index is 5.99. The Kier molecular flexibility index (Phi) is 5.44. The van der Waals surface area contributed by atoms with Crippen molar-refractivity contribution in [2.45, 2.75) is 45.7 Å².